The molecule has 0 aromatic heterocycles. The summed E-state index contributed by atoms with van der Waals surface area (Å²) in [4.78, 5) is 26.7. The molecule has 4 rings (SSSR count). The molecule has 1 saturated heterocycles. The minimum Gasteiger partial charge on any atom is -0.352 e. The number of likely N-dealkylation sites (tertiary alicyclic amines) is 1. The quantitative estimate of drug-likeness (QED) is 0.728. The van der Waals surface area contributed by atoms with Crippen LogP contribution in [0.4, 0.5) is 0 Å². The molecule has 2 aromatic rings. The second-order valence-electron chi connectivity index (χ2n) is 8.07. The molecule has 0 unspecified atom stereocenters. The van der Waals surface area contributed by atoms with Crippen LogP contribution in [0.1, 0.15) is 42.5 Å². The van der Waals surface area contributed by atoms with Gasteiger partial charge in [-0.25, -0.2) is 0 Å². The summed E-state index contributed by atoms with van der Waals surface area (Å²) in [5.41, 5.74) is 0.633. The summed E-state index contributed by atoms with van der Waals surface area (Å²) >= 11 is 0. The average Bonchev–Trinajstić information content (AvgIpc) is 3.56. The average molecular weight is 416 g/mol. The maximum atomic E-state index is 12.4. The van der Waals surface area contributed by atoms with Crippen molar-refractivity contribution in [1.82, 2.24) is 15.5 Å². The van der Waals surface area contributed by atoms with E-state index >= 15 is 0 Å². The van der Waals surface area contributed by atoms with Crippen LogP contribution in [0.15, 0.2) is 42.5 Å². The first-order chi connectivity index (χ1) is 13.7. The van der Waals surface area contributed by atoms with E-state index in [1.807, 2.05) is 47.4 Å². The lowest BCUT2D eigenvalue weighted by atomic mass is 10.0. The van der Waals surface area contributed by atoms with Crippen molar-refractivity contribution in [3.8, 4) is 0 Å². The highest BCUT2D eigenvalue weighted by Gasteiger charge is 2.25. The summed E-state index contributed by atoms with van der Waals surface area (Å²) in [6.07, 6.45) is 5.16. The lowest BCUT2D eigenvalue weighted by molar-refractivity contribution is -0.132. The Hall–Kier alpha value is -2.11. The Labute approximate surface area is 178 Å². The van der Waals surface area contributed by atoms with Crippen LogP contribution in [0, 0.1) is 5.92 Å². The number of piperidine rings is 1. The smallest absolute Gasteiger partial charge is 0.251 e. The molecule has 156 valence electrons. The lowest BCUT2D eigenvalue weighted by Gasteiger charge is -2.32. The van der Waals surface area contributed by atoms with Gasteiger partial charge in [0, 0.05) is 37.7 Å². The highest BCUT2D eigenvalue weighted by Crippen LogP contribution is 2.28. The Morgan fingerprint density at radius 2 is 1.69 bits per heavy atom. The van der Waals surface area contributed by atoms with E-state index in [1.165, 1.54) is 12.8 Å². The molecule has 1 heterocycles. The van der Waals surface area contributed by atoms with Crippen molar-refractivity contribution < 1.29 is 9.59 Å². The number of benzene rings is 2. The van der Waals surface area contributed by atoms with E-state index in [-0.39, 0.29) is 24.2 Å². The van der Waals surface area contributed by atoms with Gasteiger partial charge in [0.2, 0.25) is 5.91 Å². The zero-order valence-corrected chi connectivity index (χ0v) is 17.5. The van der Waals surface area contributed by atoms with Crippen molar-refractivity contribution in [2.45, 2.75) is 38.1 Å². The Morgan fingerprint density at radius 1 is 0.966 bits per heavy atom. The summed E-state index contributed by atoms with van der Waals surface area (Å²) in [7, 11) is 0. The van der Waals surface area contributed by atoms with Crippen LogP contribution >= 0.6 is 12.4 Å². The van der Waals surface area contributed by atoms with E-state index in [0.717, 1.165) is 49.2 Å². The highest BCUT2D eigenvalue weighted by atomic mass is 35.5. The molecule has 1 aliphatic carbocycles. The van der Waals surface area contributed by atoms with Crippen LogP contribution < -0.4 is 10.6 Å². The molecular weight excluding hydrogens is 386 g/mol. The zero-order chi connectivity index (χ0) is 19.3. The largest absolute Gasteiger partial charge is 0.352 e. The van der Waals surface area contributed by atoms with Gasteiger partial charge >= 0.3 is 0 Å². The summed E-state index contributed by atoms with van der Waals surface area (Å²) in [6.45, 7) is 3.16. The van der Waals surface area contributed by atoms with Gasteiger partial charge in [0.1, 0.15) is 0 Å². The Kier molecular flexibility index (Phi) is 7.51. The molecule has 1 saturated carbocycles. The van der Waals surface area contributed by atoms with Crippen LogP contribution in [0.25, 0.3) is 10.8 Å². The zero-order valence-electron chi connectivity index (χ0n) is 16.7. The molecule has 2 N–H and O–H groups in total. The number of fused-ring (bicyclic) bond motifs is 1. The van der Waals surface area contributed by atoms with Crippen molar-refractivity contribution in [3.63, 3.8) is 0 Å². The van der Waals surface area contributed by atoms with Crippen LogP contribution in [-0.4, -0.2) is 48.9 Å². The summed E-state index contributed by atoms with van der Waals surface area (Å²) in [5, 5.41) is 8.68. The third-order valence-electron chi connectivity index (χ3n) is 5.88. The summed E-state index contributed by atoms with van der Waals surface area (Å²) in [5.74, 6) is 0.909. The van der Waals surface area contributed by atoms with Gasteiger partial charge in [0.05, 0.1) is 0 Å². The minimum absolute atomic E-state index is 0. The van der Waals surface area contributed by atoms with Crippen LogP contribution in [0.2, 0.25) is 0 Å². The number of carbonyl (C=O) groups is 2. The van der Waals surface area contributed by atoms with E-state index in [0.29, 0.717) is 24.6 Å². The molecule has 1 aliphatic heterocycles. The fraction of sp³-hybridized carbons (Fsp3) is 0.478. The summed E-state index contributed by atoms with van der Waals surface area (Å²) in [6, 6.07) is 14.2. The molecule has 6 heteroatoms. The molecule has 2 aromatic carbocycles. The second kappa shape index (κ2) is 10.1. The molecule has 0 atom stereocenters. The topological polar surface area (TPSA) is 61.4 Å². The maximum Gasteiger partial charge on any atom is 0.251 e. The fourth-order valence-electron chi connectivity index (χ4n) is 3.86. The van der Waals surface area contributed by atoms with Crippen molar-refractivity contribution in [3.05, 3.63) is 48.0 Å². The molecule has 0 bridgehead atoms. The molecule has 0 spiro atoms. The number of carbonyl (C=O) groups excluding carboxylic acids is 2. The first kappa shape index (κ1) is 21.6. The Balaban J connectivity index is 0.00000240. The van der Waals surface area contributed by atoms with E-state index in [2.05, 4.69) is 10.6 Å². The third kappa shape index (κ3) is 5.94. The fourth-order valence-corrected chi connectivity index (χ4v) is 3.86. The van der Waals surface area contributed by atoms with E-state index < -0.39 is 0 Å². The Morgan fingerprint density at radius 3 is 2.41 bits per heavy atom. The van der Waals surface area contributed by atoms with Crippen molar-refractivity contribution in [1.29, 1.82) is 0 Å². The number of hydrogen-bond acceptors (Lipinski definition) is 3. The first-order valence-electron chi connectivity index (χ1n) is 10.5. The number of halogens is 1. The molecule has 29 heavy (non-hydrogen) atoms. The van der Waals surface area contributed by atoms with Gasteiger partial charge < -0.3 is 15.5 Å². The summed E-state index contributed by atoms with van der Waals surface area (Å²) < 4.78 is 0. The standard InChI is InChI=1S/C23H29N3O2.ClH/c27-22(26-13-10-21(11-14-26)25-16-17-5-6-17)9-12-24-23(28)20-8-7-18-3-1-2-4-19(18)15-20;/h1-4,7-8,15,17,21,25H,5-6,9-14,16H2,(H,24,28);1H. The van der Waals surface area contributed by atoms with E-state index in [9.17, 15) is 9.59 Å². The molecule has 2 fully saturated rings. The van der Waals surface area contributed by atoms with Gasteiger partial charge in [-0.05, 0) is 61.1 Å². The minimum atomic E-state index is -0.124. The first-order valence-corrected chi connectivity index (χ1v) is 10.5. The van der Waals surface area contributed by atoms with Gasteiger partial charge in [-0.15, -0.1) is 12.4 Å². The third-order valence-corrected chi connectivity index (χ3v) is 5.88. The number of nitrogens with zero attached hydrogens (tertiary/aromatic N) is 1. The normalized spacial score (nSPS) is 17.0. The van der Waals surface area contributed by atoms with Crippen LogP contribution in [-0.2, 0) is 4.79 Å². The van der Waals surface area contributed by atoms with Gasteiger partial charge in [-0.3, -0.25) is 9.59 Å². The van der Waals surface area contributed by atoms with E-state index in [4.69, 9.17) is 0 Å². The van der Waals surface area contributed by atoms with Gasteiger partial charge in [0.15, 0.2) is 0 Å². The molecule has 2 amide bonds. The lowest BCUT2D eigenvalue weighted by Crippen LogP contribution is -2.46. The molecule has 0 radical (unpaired) electrons. The molecule has 2 aliphatic rings. The molecular formula is C23H30ClN3O2. The maximum absolute atomic E-state index is 12.4. The molecule has 5 nitrogen and oxygen atoms in total. The van der Waals surface area contributed by atoms with Crippen LogP contribution in [0.3, 0.4) is 0 Å². The number of rotatable bonds is 7. The van der Waals surface area contributed by atoms with E-state index in [1.54, 1.807) is 0 Å². The van der Waals surface area contributed by atoms with Gasteiger partial charge in [-0.2, -0.15) is 0 Å². The van der Waals surface area contributed by atoms with Crippen molar-refractivity contribution in [2.24, 2.45) is 5.92 Å². The SMILES string of the molecule is Cl.O=C(NCCC(=O)N1CCC(NCC2CC2)CC1)c1ccc2ccccc2c1. The highest BCUT2D eigenvalue weighted by molar-refractivity contribution is 5.98. The van der Waals surface area contributed by atoms with Crippen molar-refractivity contribution >= 4 is 35.0 Å². The number of hydrogen-bond donors (Lipinski definition) is 2. The Bertz CT molecular complexity index is 845. The predicted molar refractivity (Wildman–Crippen MR) is 118 cm³/mol. The van der Waals surface area contributed by atoms with Crippen molar-refractivity contribution in [2.75, 3.05) is 26.2 Å². The monoisotopic (exact) mass is 415 g/mol. The number of nitrogens with one attached hydrogen (secondary N) is 2. The van der Waals surface area contributed by atoms with Crippen LogP contribution in [0.5, 0.6) is 0 Å². The van der Waals surface area contributed by atoms with Gasteiger partial charge in [0.25, 0.3) is 5.91 Å². The predicted octanol–water partition coefficient (Wildman–Crippen LogP) is 3.37. The van der Waals surface area contributed by atoms with Gasteiger partial charge in [-0.1, -0.05) is 30.3 Å². The second-order valence-corrected chi connectivity index (χ2v) is 8.07. The number of amides is 2.